The highest BCUT2D eigenvalue weighted by atomic mass is 14.8. The van der Waals surface area contributed by atoms with Gasteiger partial charge in [0.15, 0.2) is 0 Å². The smallest absolute Gasteiger partial charge is 0.0208 e. The van der Waals surface area contributed by atoms with Crippen LogP contribution in [0.3, 0.4) is 0 Å². The summed E-state index contributed by atoms with van der Waals surface area (Å²) in [6.07, 6.45) is 7.68. The minimum atomic E-state index is 0.845. The summed E-state index contributed by atoms with van der Waals surface area (Å²) < 4.78 is 0. The average Bonchev–Trinajstić information content (AvgIpc) is 2.23. The van der Waals surface area contributed by atoms with Crippen molar-refractivity contribution in [3.8, 4) is 0 Å². The Labute approximate surface area is 88.9 Å². The molecule has 0 rings (SSSR count). The Kier molecular flexibility index (Phi) is 13.1. The highest BCUT2D eigenvalue weighted by molar-refractivity contribution is 5.40. The van der Waals surface area contributed by atoms with Crippen LogP contribution in [-0.4, -0.2) is 13.6 Å². The molecule has 0 aromatic heterocycles. The van der Waals surface area contributed by atoms with Crippen LogP contribution in [0.2, 0.25) is 0 Å². The molecule has 1 N–H and O–H groups in total. The van der Waals surface area contributed by atoms with Gasteiger partial charge in [0.05, 0.1) is 0 Å². The molecule has 0 amide bonds. The van der Waals surface area contributed by atoms with E-state index in [0.717, 1.165) is 12.1 Å². The lowest BCUT2D eigenvalue weighted by molar-refractivity contribution is 0.889. The molecular weight excluding hydrogens is 170 g/mol. The molecule has 0 saturated carbocycles. The predicted molar refractivity (Wildman–Crippen MR) is 67.5 cm³/mol. The number of allylic oxidation sites excluding steroid dienone is 4. The zero-order valence-corrected chi connectivity index (χ0v) is 9.93. The van der Waals surface area contributed by atoms with Gasteiger partial charge in [-0.15, -0.1) is 0 Å². The van der Waals surface area contributed by atoms with E-state index in [-0.39, 0.29) is 0 Å². The van der Waals surface area contributed by atoms with Crippen molar-refractivity contribution in [1.29, 1.82) is 0 Å². The van der Waals surface area contributed by atoms with Crippen molar-refractivity contribution in [2.75, 3.05) is 13.6 Å². The Hall–Kier alpha value is -1.08. The van der Waals surface area contributed by atoms with Crippen LogP contribution >= 0.6 is 0 Å². The minimum absolute atomic E-state index is 0.845. The van der Waals surface area contributed by atoms with Crippen molar-refractivity contribution in [3.05, 3.63) is 48.6 Å². The molecule has 14 heavy (non-hydrogen) atoms. The largest absolute Gasteiger partial charge is 0.316 e. The third-order valence-electron chi connectivity index (χ3n) is 1.59. The van der Waals surface area contributed by atoms with Crippen molar-refractivity contribution in [2.24, 2.45) is 0 Å². The summed E-state index contributed by atoms with van der Waals surface area (Å²) in [4.78, 5) is 0. The van der Waals surface area contributed by atoms with Crippen molar-refractivity contribution in [3.63, 3.8) is 0 Å². The average molecular weight is 193 g/mol. The van der Waals surface area contributed by atoms with E-state index >= 15 is 0 Å². The van der Waals surface area contributed by atoms with Gasteiger partial charge in [-0.2, -0.15) is 0 Å². The van der Waals surface area contributed by atoms with Crippen LogP contribution in [-0.2, 0) is 0 Å². The van der Waals surface area contributed by atoms with Crippen LogP contribution in [0.4, 0.5) is 0 Å². The highest BCUT2D eigenvalue weighted by Gasteiger charge is 1.96. The summed E-state index contributed by atoms with van der Waals surface area (Å²) in [6, 6.07) is 0. The number of nitrogens with one attached hydrogen (secondary N) is 1. The fourth-order valence-electron chi connectivity index (χ4n) is 1.02. The Morgan fingerprint density at radius 2 is 1.86 bits per heavy atom. The van der Waals surface area contributed by atoms with E-state index in [2.05, 4.69) is 18.5 Å². The zero-order valence-electron chi connectivity index (χ0n) is 9.93. The molecule has 0 saturated heterocycles. The molecule has 0 aliphatic rings. The lowest BCUT2D eigenvalue weighted by Crippen LogP contribution is -2.11. The fourth-order valence-corrected chi connectivity index (χ4v) is 1.02. The fraction of sp³-hybridized carbons (Fsp3) is 0.385. The van der Waals surface area contributed by atoms with Gasteiger partial charge >= 0.3 is 0 Å². The molecule has 1 nitrogen and oxygen atoms in total. The second-order valence-electron chi connectivity index (χ2n) is 2.41. The number of hydrogen-bond donors (Lipinski definition) is 1. The monoisotopic (exact) mass is 193 g/mol. The molecule has 0 aromatic rings. The third kappa shape index (κ3) is 6.44. The molecule has 0 atom stereocenters. The Morgan fingerprint density at radius 3 is 2.14 bits per heavy atom. The molecule has 0 aliphatic heterocycles. The van der Waals surface area contributed by atoms with Crippen LogP contribution < -0.4 is 5.32 Å². The van der Waals surface area contributed by atoms with Gasteiger partial charge < -0.3 is 5.32 Å². The first-order valence-electron chi connectivity index (χ1n) is 5.05. The third-order valence-corrected chi connectivity index (χ3v) is 1.59. The number of likely N-dealkylation sites (N-methyl/N-ethyl adjacent to an activating group) is 1. The zero-order chi connectivity index (χ0) is 11.4. The van der Waals surface area contributed by atoms with Gasteiger partial charge in [-0.1, -0.05) is 51.3 Å². The van der Waals surface area contributed by atoms with Crippen molar-refractivity contribution in [2.45, 2.75) is 20.8 Å². The quantitative estimate of drug-likeness (QED) is 0.659. The first-order chi connectivity index (χ1) is 6.79. The van der Waals surface area contributed by atoms with Crippen LogP contribution in [0.25, 0.3) is 0 Å². The van der Waals surface area contributed by atoms with Crippen LogP contribution in [0.1, 0.15) is 20.8 Å². The van der Waals surface area contributed by atoms with Crippen LogP contribution in [0.5, 0.6) is 0 Å². The summed E-state index contributed by atoms with van der Waals surface area (Å²) in [6.45, 7) is 14.3. The van der Waals surface area contributed by atoms with E-state index in [1.165, 1.54) is 5.57 Å². The van der Waals surface area contributed by atoms with Gasteiger partial charge in [-0.25, -0.2) is 0 Å². The second kappa shape index (κ2) is 11.9. The van der Waals surface area contributed by atoms with Crippen LogP contribution in [0.15, 0.2) is 48.6 Å². The van der Waals surface area contributed by atoms with E-state index in [1.54, 1.807) is 6.08 Å². The molecule has 0 spiro atoms. The van der Waals surface area contributed by atoms with E-state index < -0.39 is 0 Å². The van der Waals surface area contributed by atoms with E-state index in [9.17, 15) is 0 Å². The lowest BCUT2D eigenvalue weighted by Gasteiger charge is -2.06. The Balaban J connectivity index is 0. The maximum Gasteiger partial charge on any atom is 0.0208 e. The van der Waals surface area contributed by atoms with Gasteiger partial charge in [-0.05, 0) is 25.1 Å². The van der Waals surface area contributed by atoms with Crippen molar-refractivity contribution >= 4 is 0 Å². The first-order valence-corrected chi connectivity index (χ1v) is 5.05. The summed E-state index contributed by atoms with van der Waals surface area (Å²) in [5.74, 6) is 0. The number of rotatable bonds is 5. The van der Waals surface area contributed by atoms with Crippen molar-refractivity contribution < 1.29 is 0 Å². The SMILES string of the molecule is C=C/C=C(CNC)\C(C=C)=C/C.CC. The molecule has 1 heteroatoms. The highest BCUT2D eigenvalue weighted by Crippen LogP contribution is 2.09. The van der Waals surface area contributed by atoms with Gasteiger partial charge in [0.2, 0.25) is 0 Å². The molecule has 0 unspecified atom stereocenters. The van der Waals surface area contributed by atoms with Gasteiger partial charge in [0.25, 0.3) is 0 Å². The molecule has 0 fully saturated rings. The molecule has 0 aliphatic carbocycles. The summed E-state index contributed by atoms with van der Waals surface area (Å²) in [7, 11) is 1.92. The molecular formula is C13H23N. The van der Waals surface area contributed by atoms with Crippen molar-refractivity contribution in [1.82, 2.24) is 5.32 Å². The van der Waals surface area contributed by atoms with E-state index in [4.69, 9.17) is 0 Å². The normalized spacial score (nSPS) is 11.4. The van der Waals surface area contributed by atoms with E-state index in [0.29, 0.717) is 0 Å². The summed E-state index contributed by atoms with van der Waals surface area (Å²) >= 11 is 0. The van der Waals surface area contributed by atoms with Gasteiger partial charge in [0.1, 0.15) is 0 Å². The summed E-state index contributed by atoms with van der Waals surface area (Å²) in [5.41, 5.74) is 2.37. The maximum atomic E-state index is 3.75. The van der Waals surface area contributed by atoms with Gasteiger partial charge in [-0.3, -0.25) is 0 Å². The molecule has 0 radical (unpaired) electrons. The Morgan fingerprint density at radius 1 is 1.29 bits per heavy atom. The topological polar surface area (TPSA) is 12.0 Å². The lowest BCUT2D eigenvalue weighted by atomic mass is 10.1. The molecule has 0 heterocycles. The summed E-state index contributed by atoms with van der Waals surface area (Å²) in [5, 5.41) is 3.10. The standard InChI is InChI=1S/C11H17N.C2H6/c1-5-8-11(9-12-4)10(6-2)7-3;1-2/h5-8,12H,1-2,9H2,3-4H3;1-2H3/b10-7-,11-8-;. The second-order valence-corrected chi connectivity index (χ2v) is 2.41. The molecule has 0 bridgehead atoms. The first kappa shape index (κ1) is 15.4. The number of hydrogen-bond acceptors (Lipinski definition) is 1. The Bertz CT molecular complexity index is 209. The van der Waals surface area contributed by atoms with Crippen LogP contribution in [0, 0.1) is 0 Å². The molecule has 0 aromatic carbocycles. The van der Waals surface area contributed by atoms with E-state index in [1.807, 2.05) is 46.0 Å². The predicted octanol–water partition coefficient (Wildman–Crippen LogP) is 3.48. The maximum absolute atomic E-state index is 3.75. The minimum Gasteiger partial charge on any atom is -0.316 e. The van der Waals surface area contributed by atoms with Gasteiger partial charge in [0, 0.05) is 6.54 Å². The molecule has 80 valence electrons.